The minimum atomic E-state index is 0.790. The largest absolute Gasteiger partial charge is 0.361 e. The minimum absolute atomic E-state index is 0.790. The predicted molar refractivity (Wildman–Crippen MR) is 153 cm³/mol. The number of aromatic nitrogens is 2. The molecule has 2 heterocycles. The monoisotopic (exact) mass is 476 g/mol. The number of aryl methyl sites for hydroxylation is 2. The Balaban J connectivity index is 1.63. The summed E-state index contributed by atoms with van der Waals surface area (Å²) in [5, 5.41) is 1.30. The number of aromatic amines is 1. The van der Waals surface area contributed by atoms with Crippen molar-refractivity contribution in [3.8, 4) is 16.9 Å². The number of hydrogen-bond donors (Lipinski definition) is 1. The molecule has 0 bridgehead atoms. The first-order valence-electron chi connectivity index (χ1n) is 14.3. The Bertz CT molecular complexity index is 1420. The Morgan fingerprint density at radius 1 is 0.972 bits per heavy atom. The zero-order valence-electron chi connectivity index (χ0n) is 22.3. The van der Waals surface area contributed by atoms with Gasteiger partial charge in [0.1, 0.15) is 0 Å². The molecule has 0 amide bonds. The summed E-state index contributed by atoms with van der Waals surface area (Å²) in [6.45, 7) is 7.00. The zero-order chi connectivity index (χ0) is 24.6. The lowest BCUT2D eigenvalue weighted by molar-refractivity contribution is 0.624. The van der Waals surface area contributed by atoms with E-state index in [1.807, 2.05) is 0 Å². The number of nitrogens with one attached hydrogen (secondary N) is 1. The van der Waals surface area contributed by atoms with Crippen molar-refractivity contribution in [1.29, 1.82) is 0 Å². The van der Waals surface area contributed by atoms with Gasteiger partial charge in [0.15, 0.2) is 0 Å². The molecule has 0 atom stereocenters. The lowest BCUT2D eigenvalue weighted by Crippen LogP contribution is -2.09. The maximum absolute atomic E-state index is 3.39. The molecule has 2 heteroatoms. The van der Waals surface area contributed by atoms with Gasteiger partial charge in [-0.1, -0.05) is 69.0 Å². The van der Waals surface area contributed by atoms with Gasteiger partial charge in [0, 0.05) is 22.8 Å². The molecule has 2 aromatic heterocycles. The third-order valence-electron chi connectivity index (χ3n) is 8.86. The fourth-order valence-corrected chi connectivity index (χ4v) is 7.08. The van der Waals surface area contributed by atoms with Crippen LogP contribution in [-0.4, -0.2) is 9.55 Å². The maximum atomic E-state index is 3.39. The van der Waals surface area contributed by atoms with Gasteiger partial charge in [0.05, 0.1) is 11.4 Å². The number of nitrogens with zero attached hydrogens (tertiary/aromatic N) is 1. The van der Waals surface area contributed by atoms with Crippen LogP contribution in [0.5, 0.6) is 0 Å². The van der Waals surface area contributed by atoms with E-state index in [9.17, 15) is 0 Å². The number of para-hydroxylation sites is 1. The highest BCUT2D eigenvalue weighted by Crippen LogP contribution is 2.43. The van der Waals surface area contributed by atoms with Gasteiger partial charge in [-0.15, -0.1) is 0 Å². The van der Waals surface area contributed by atoms with Crippen molar-refractivity contribution in [1.82, 2.24) is 9.55 Å². The highest BCUT2D eigenvalue weighted by atomic mass is 15.0. The lowest BCUT2D eigenvalue weighted by atomic mass is 9.90. The first-order valence-corrected chi connectivity index (χ1v) is 14.3. The van der Waals surface area contributed by atoms with E-state index in [1.54, 1.807) is 16.7 Å². The van der Waals surface area contributed by atoms with Crippen molar-refractivity contribution in [3.05, 3.63) is 88.3 Å². The third kappa shape index (κ3) is 3.95. The molecule has 1 N–H and O–H groups in total. The standard InChI is InChI=1S/C34H40N2/c1-4-10-26-14-8-13-24(5-2)33(26)36-23(3)30-16-9-15-27(25-11-6-7-12-25)22-31(30)34(36)29-17-18-32-28(21-29)19-20-35-32/h8,13-15,17-21,25,35H,4-7,9-12,16,22H2,1-3H3. The van der Waals surface area contributed by atoms with Crippen molar-refractivity contribution >= 4 is 10.9 Å². The Kier molecular flexibility index (Phi) is 6.37. The third-order valence-corrected chi connectivity index (χ3v) is 8.86. The summed E-state index contributed by atoms with van der Waals surface area (Å²) in [7, 11) is 0. The van der Waals surface area contributed by atoms with E-state index in [0.29, 0.717) is 0 Å². The molecule has 0 radical (unpaired) electrons. The molecule has 0 aliphatic heterocycles. The summed E-state index contributed by atoms with van der Waals surface area (Å²) in [6.07, 6.45) is 17.0. The van der Waals surface area contributed by atoms with Gasteiger partial charge in [-0.2, -0.15) is 0 Å². The number of H-pyrrole nitrogens is 1. The number of fused-ring (bicyclic) bond motifs is 2. The van der Waals surface area contributed by atoms with Crippen molar-refractivity contribution in [3.63, 3.8) is 0 Å². The highest BCUT2D eigenvalue weighted by molar-refractivity contribution is 5.86. The summed E-state index contributed by atoms with van der Waals surface area (Å²) in [5.41, 5.74) is 14.8. The average Bonchev–Trinajstić information content (AvgIpc) is 3.61. The predicted octanol–water partition coefficient (Wildman–Crippen LogP) is 9.05. The number of hydrogen-bond acceptors (Lipinski definition) is 0. The smallest absolute Gasteiger partial charge is 0.0569 e. The van der Waals surface area contributed by atoms with Gasteiger partial charge in [0.2, 0.25) is 0 Å². The maximum Gasteiger partial charge on any atom is 0.0569 e. The molecule has 2 aliphatic rings. The van der Waals surface area contributed by atoms with Crippen LogP contribution in [0.3, 0.4) is 0 Å². The Labute approximate surface area is 216 Å². The van der Waals surface area contributed by atoms with Crippen LogP contribution < -0.4 is 0 Å². The molecule has 0 spiro atoms. The highest BCUT2D eigenvalue weighted by Gasteiger charge is 2.29. The fraction of sp³-hybridized carbons (Fsp3) is 0.412. The molecular formula is C34H40N2. The van der Waals surface area contributed by atoms with Gasteiger partial charge in [0.25, 0.3) is 0 Å². The lowest BCUT2D eigenvalue weighted by Gasteiger charge is -2.21. The summed E-state index contributed by atoms with van der Waals surface area (Å²) in [6, 6.07) is 16.2. The van der Waals surface area contributed by atoms with Crippen molar-refractivity contribution < 1.29 is 0 Å². The molecule has 1 fully saturated rings. The van der Waals surface area contributed by atoms with Gasteiger partial charge in [-0.25, -0.2) is 0 Å². The fourth-order valence-electron chi connectivity index (χ4n) is 7.08. The quantitative estimate of drug-likeness (QED) is 0.268. The van der Waals surface area contributed by atoms with Crippen LogP contribution in [0, 0.1) is 12.8 Å². The second-order valence-electron chi connectivity index (χ2n) is 11.0. The van der Waals surface area contributed by atoms with Crippen LogP contribution in [0.1, 0.15) is 80.3 Å². The summed E-state index contributed by atoms with van der Waals surface area (Å²) < 4.78 is 2.68. The summed E-state index contributed by atoms with van der Waals surface area (Å²) in [5.74, 6) is 0.790. The molecule has 0 unspecified atom stereocenters. The van der Waals surface area contributed by atoms with Crippen molar-refractivity contribution in [2.24, 2.45) is 5.92 Å². The van der Waals surface area contributed by atoms with Crippen LogP contribution in [0.2, 0.25) is 0 Å². The van der Waals surface area contributed by atoms with Crippen molar-refractivity contribution in [2.45, 2.75) is 85.0 Å². The molecule has 4 aromatic rings. The number of rotatable bonds is 6. The Morgan fingerprint density at radius 3 is 2.61 bits per heavy atom. The normalized spacial score (nSPS) is 16.4. The zero-order valence-corrected chi connectivity index (χ0v) is 22.3. The van der Waals surface area contributed by atoms with Gasteiger partial charge < -0.3 is 9.55 Å². The van der Waals surface area contributed by atoms with E-state index < -0.39 is 0 Å². The van der Waals surface area contributed by atoms with Crippen LogP contribution in [0.15, 0.2) is 60.3 Å². The Hall–Kier alpha value is -3.00. The molecule has 1 saturated carbocycles. The second-order valence-corrected chi connectivity index (χ2v) is 11.0. The molecule has 186 valence electrons. The SMILES string of the molecule is CCCc1cccc(CC)c1-n1c(C)c2c(c1-c1ccc3[nH]ccc3c1)CC(C1CCCC1)=CCC2. The molecular weight excluding hydrogens is 436 g/mol. The summed E-state index contributed by atoms with van der Waals surface area (Å²) >= 11 is 0. The van der Waals surface area contributed by atoms with Gasteiger partial charge in [-0.3, -0.25) is 0 Å². The van der Waals surface area contributed by atoms with Crippen LogP contribution in [0.4, 0.5) is 0 Å². The first kappa shape index (κ1) is 23.4. The Morgan fingerprint density at radius 2 is 1.81 bits per heavy atom. The van der Waals surface area contributed by atoms with E-state index in [2.05, 4.69) is 85.1 Å². The van der Waals surface area contributed by atoms with E-state index in [-0.39, 0.29) is 0 Å². The van der Waals surface area contributed by atoms with Gasteiger partial charge >= 0.3 is 0 Å². The molecule has 36 heavy (non-hydrogen) atoms. The first-order chi connectivity index (χ1) is 17.7. The van der Waals surface area contributed by atoms with Crippen LogP contribution >= 0.6 is 0 Å². The molecule has 2 nitrogen and oxygen atoms in total. The summed E-state index contributed by atoms with van der Waals surface area (Å²) in [4.78, 5) is 3.39. The average molecular weight is 477 g/mol. The second kappa shape index (κ2) is 9.81. The van der Waals surface area contributed by atoms with Crippen LogP contribution in [0.25, 0.3) is 27.8 Å². The molecule has 2 aliphatic carbocycles. The number of benzene rings is 2. The van der Waals surface area contributed by atoms with Gasteiger partial charge in [-0.05, 0) is 104 Å². The topological polar surface area (TPSA) is 20.7 Å². The van der Waals surface area contributed by atoms with E-state index in [1.165, 1.54) is 83.2 Å². The minimum Gasteiger partial charge on any atom is -0.361 e. The van der Waals surface area contributed by atoms with E-state index >= 15 is 0 Å². The molecule has 6 rings (SSSR count). The van der Waals surface area contributed by atoms with Crippen molar-refractivity contribution in [2.75, 3.05) is 0 Å². The van der Waals surface area contributed by atoms with E-state index in [0.717, 1.165) is 31.6 Å². The number of allylic oxidation sites excluding steroid dienone is 2. The molecule has 2 aromatic carbocycles. The van der Waals surface area contributed by atoms with Crippen LogP contribution in [-0.2, 0) is 25.7 Å². The molecule has 0 saturated heterocycles. The van der Waals surface area contributed by atoms with E-state index in [4.69, 9.17) is 0 Å².